The number of benzene rings is 1. The summed E-state index contributed by atoms with van der Waals surface area (Å²) in [4.78, 5) is 32.6. The number of anilines is 1. The molecule has 1 amide bonds. The van der Waals surface area contributed by atoms with Gasteiger partial charge >= 0.3 is 5.97 Å². The van der Waals surface area contributed by atoms with Gasteiger partial charge in [-0.1, -0.05) is 0 Å². The van der Waals surface area contributed by atoms with E-state index >= 15 is 0 Å². The van der Waals surface area contributed by atoms with Crippen LogP contribution in [-0.2, 0) is 9.59 Å². The molecule has 0 aromatic heterocycles. The highest BCUT2D eigenvalue weighted by Crippen LogP contribution is 2.16. The molecule has 0 spiro atoms. The van der Waals surface area contributed by atoms with Crippen LogP contribution in [0.25, 0.3) is 0 Å². The number of carboxylic acids is 1. The molecule has 1 saturated heterocycles. The number of carbonyl (C=O) groups excluding carboxylic acids is 1. The van der Waals surface area contributed by atoms with Gasteiger partial charge in [-0.2, -0.15) is 0 Å². The minimum absolute atomic E-state index is 0.0641. The summed E-state index contributed by atoms with van der Waals surface area (Å²) in [5.41, 5.74) is 11.0. The zero-order valence-electron chi connectivity index (χ0n) is 11.8. The van der Waals surface area contributed by atoms with Crippen LogP contribution in [0, 0.1) is 10.1 Å². The molecule has 1 atom stereocenters. The number of amides is 1. The van der Waals surface area contributed by atoms with Gasteiger partial charge in [0.2, 0.25) is 5.91 Å². The number of nitro benzene ring substituents is 1. The molecule has 0 bridgehead atoms. The molecule has 1 fully saturated rings. The number of nitrogens with two attached hydrogens (primary N) is 2. The van der Waals surface area contributed by atoms with Crippen molar-refractivity contribution in [2.75, 3.05) is 18.8 Å². The predicted octanol–water partition coefficient (Wildman–Crippen LogP) is 0.198. The second kappa shape index (κ2) is 7.93. The zero-order chi connectivity index (χ0) is 16.7. The molecule has 1 aromatic rings. The van der Waals surface area contributed by atoms with E-state index in [1.165, 1.54) is 29.2 Å². The van der Waals surface area contributed by atoms with Crippen molar-refractivity contribution < 1.29 is 19.6 Å². The summed E-state index contributed by atoms with van der Waals surface area (Å²) in [6.45, 7) is 0.413. The maximum atomic E-state index is 11.1. The number of nitro groups is 1. The Bertz CT molecular complexity index is 546. The molecular formula is C13H18N4O5. The molecule has 1 aliphatic heterocycles. The van der Waals surface area contributed by atoms with Gasteiger partial charge in [0.1, 0.15) is 6.04 Å². The summed E-state index contributed by atoms with van der Waals surface area (Å²) in [5, 5.41) is 18.8. The Balaban J connectivity index is 0.000000224. The first-order valence-corrected chi connectivity index (χ1v) is 6.59. The third-order valence-electron chi connectivity index (χ3n) is 3.14. The molecule has 9 heteroatoms. The van der Waals surface area contributed by atoms with Crippen molar-refractivity contribution in [2.24, 2.45) is 5.73 Å². The third kappa shape index (κ3) is 4.70. The molecule has 0 unspecified atom stereocenters. The Hall–Kier alpha value is -2.68. The number of carbonyl (C=O) groups is 2. The third-order valence-corrected chi connectivity index (χ3v) is 3.14. The summed E-state index contributed by atoms with van der Waals surface area (Å²) in [6, 6.07) is 5.09. The summed E-state index contributed by atoms with van der Waals surface area (Å²) in [7, 11) is 0. The predicted molar refractivity (Wildman–Crippen MR) is 78.9 cm³/mol. The normalized spacial score (nSPS) is 16.6. The van der Waals surface area contributed by atoms with E-state index in [9.17, 15) is 19.7 Å². The lowest BCUT2D eigenvalue weighted by molar-refractivity contribution is -0.384. The largest absolute Gasteiger partial charge is 0.480 e. The second-order valence-corrected chi connectivity index (χ2v) is 4.64. The van der Waals surface area contributed by atoms with Crippen molar-refractivity contribution in [3.05, 3.63) is 34.4 Å². The van der Waals surface area contributed by atoms with E-state index in [4.69, 9.17) is 16.6 Å². The number of nitrogen functional groups attached to an aromatic ring is 1. The zero-order valence-corrected chi connectivity index (χ0v) is 11.8. The minimum Gasteiger partial charge on any atom is -0.480 e. The van der Waals surface area contributed by atoms with Crippen LogP contribution < -0.4 is 11.5 Å². The summed E-state index contributed by atoms with van der Waals surface area (Å²) in [6.07, 6.45) is 1.30. The van der Waals surface area contributed by atoms with Crippen LogP contribution in [0.5, 0.6) is 0 Å². The van der Waals surface area contributed by atoms with E-state index in [0.29, 0.717) is 18.7 Å². The van der Waals surface area contributed by atoms with E-state index in [-0.39, 0.29) is 18.1 Å². The van der Waals surface area contributed by atoms with Crippen LogP contribution >= 0.6 is 0 Å². The van der Waals surface area contributed by atoms with Gasteiger partial charge in [0.15, 0.2) is 0 Å². The molecule has 0 saturated carbocycles. The van der Waals surface area contributed by atoms with E-state index in [2.05, 4.69) is 0 Å². The molecule has 120 valence electrons. The van der Waals surface area contributed by atoms with Crippen LogP contribution in [0.15, 0.2) is 24.3 Å². The number of non-ortho nitro benzene ring substituents is 1. The molecule has 0 radical (unpaired) electrons. The smallest absolute Gasteiger partial charge is 0.326 e. The SMILES string of the molecule is NCC(=O)N1CCC[C@H]1C(=O)O.Nc1ccc([N+](=O)[O-])cc1. The van der Waals surface area contributed by atoms with Gasteiger partial charge in [0.05, 0.1) is 11.5 Å². The van der Waals surface area contributed by atoms with E-state index < -0.39 is 16.9 Å². The van der Waals surface area contributed by atoms with Crippen molar-refractivity contribution in [3.63, 3.8) is 0 Å². The quantitative estimate of drug-likeness (QED) is 0.409. The van der Waals surface area contributed by atoms with Crippen LogP contribution in [-0.4, -0.2) is 45.9 Å². The lowest BCUT2D eigenvalue weighted by Crippen LogP contribution is -2.43. The molecule has 5 N–H and O–H groups in total. The lowest BCUT2D eigenvalue weighted by atomic mass is 10.2. The molecule has 1 aliphatic rings. The average Bonchev–Trinajstić information content (AvgIpc) is 2.97. The molecular weight excluding hydrogens is 292 g/mol. The van der Waals surface area contributed by atoms with Gasteiger partial charge in [-0.25, -0.2) is 4.79 Å². The number of hydrogen-bond acceptors (Lipinski definition) is 6. The van der Waals surface area contributed by atoms with Gasteiger partial charge in [0, 0.05) is 24.4 Å². The van der Waals surface area contributed by atoms with Crippen molar-refractivity contribution in [1.29, 1.82) is 0 Å². The highest BCUT2D eigenvalue weighted by Gasteiger charge is 2.32. The fourth-order valence-electron chi connectivity index (χ4n) is 2.04. The van der Waals surface area contributed by atoms with Crippen molar-refractivity contribution in [1.82, 2.24) is 4.90 Å². The monoisotopic (exact) mass is 310 g/mol. The Morgan fingerprint density at radius 1 is 1.36 bits per heavy atom. The van der Waals surface area contributed by atoms with Crippen LogP contribution in [0.2, 0.25) is 0 Å². The summed E-state index contributed by atoms with van der Waals surface area (Å²) < 4.78 is 0. The van der Waals surface area contributed by atoms with Gasteiger partial charge < -0.3 is 21.5 Å². The van der Waals surface area contributed by atoms with Crippen molar-refractivity contribution in [3.8, 4) is 0 Å². The first-order valence-electron chi connectivity index (χ1n) is 6.59. The molecule has 22 heavy (non-hydrogen) atoms. The van der Waals surface area contributed by atoms with E-state index in [1.807, 2.05) is 0 Å². The number of likely N-dealkylation sites (tertiary alicyclic amines) is 1. The number of aliphatic carboxylic acids is 1. The van der Waals surface area contributed by atoms with Gasteiger partial charge in [0.25, 0.3) is 5.69 Å². The summed E-state index contributed by atoms with van der Waals surface area (Å²) in [5.74, 6) is -1.21. The van der Waals surface area contributed by atoms with E-state index in [0.717, 1.165) is 6.42 Å². The molecule has 0 aliphatic carbocycles. The van der Waals surface area contributed by atoms with Gasteiger partial charge in [-0.05, 0) is 25.0 Å². The van der Waals surface area contributed by atoms with Crippen LogP contribution in [0.1, 0.15) is 12.8 Å². The van der Waals surface area contributed by atoms with Gasteiger partial charge in [-0.3, -0.25) is 14.9 Å². The Labute approximate surface area is 126 Å². The number of nitrogens with zero attached hydrogens (tertiary/aromatic N) is 2. The Morgan fingerprint density at radius 3 is 2.41 bits per heavy atom. The fourth-order valence-corrected chi connectivity index (χ4v) is 2.04. The second-order valence-electron chi connectivity index (χ2n) is 4.64. The molecule has 9 nitrogen and oxygen atoms in total. The number of hydrogen-bond donors (Lipinski definition) is 3. The van der Waals surface area contributed by atoms with Gasteiger partial charge in [-0.15, -0.1) is 0 Å². The molecule has 2 rings (SSSR count). The standard InChI is InChI=1S/C7H12N2O3.C6H6N2O2/c8-4-6(10)9-3-1-2-5(9)7(11)12;7-5-1-3-6(4-2-5)8(9)10/h5H,1-4,8H2,(H,11,12);1-4H,7H2/t5-;/m0./s1. The summed E-state index contributed by atoms with van der Waals surface area (Å²) >= 11 is 0. The maximum Gasteiger partial charge on any atom is 0.326 e. The lowest BCUT2D eigenvalue weighted by Gasteiger charge is -2.20. The van der Waals surface area contributed by atoms with E-state index in [1.54, 1.807) is 0 Å². The van der Waals surface area contributed by atoms with Crippen LogP contribution in [0.3, 0.4) is 0 Å². The Kier molecular flexibility index (Phi) is 6.26. The van der Waals surface area contributed by atoms with Crippen molar-refractivity contribution >= 4 is 23.3 Å². The minimum atomic E-state index is -0.936. The highest BCUT2D eigenvalue weighted by molar-refractivity contribution is 5.85. The maximum absolute atomic E-state index is 11.1. The Morgan fingerprint density at radius 2 is 1.95 bits per heavy atom. The molecule has 1 heterocycles. The number of carboxylic acid groups (broad SMARTS) is 1. The highest BCUT2D eigenvalue weighted by atomic mass is 16.6. The van der Waals surface area contributed by atoms with Crippen molar-refractivity contribution in [2.45, 2.75) is 18.9 Å². The average molecular weight is 310 g/mol. The topological polar surface area (TPSA) is 153 Å². The fraction of sp³-hybridized carbons (Fsp3) is 0.385. The molecule has 1 aromatic carbocycles. The van der Waals surface area contributed by atoms with Crippen LogP contribution in [0.4, 0.5) is 11.4 Å². The first-order chi connectivity index (χ1) is 10.4. The first kappa shape index (κ1) is 17.4. The number of rotatable bonds is 3.